The average molecular weight is 357 g/mol. The molecule has 1 amide bonds. The van der Waals surface area contributed by atoms with Crippen LogP contribution in [0.25, 0.3) is 11.1 Å². The third-order valence-corrected chi connectivity index (χ3v) is 4.36. The van der Waals surface area contributed by atoms with Crippen molar-refractivity contribution in [3.05, 3.63) is 59.9 Å². The number of nitrogens with one attached hydrogen (secondary N) is 2. The molecule has 0 aromatic heterocycles. The second kappa shape index (κ2) is 10.7. The Labute approximate surface area is 155 Å². The highest BCUT2D eigenvalue weighted by molar-refractivity contribution is 5.83. The number of benzene rings is 2. The maximum atomic E-state index is 14.5. The van der Waals surface area contributed by atoms with Crippen molar-refractivity contribution < 1.29 is 9.18 Å². The molecule has 0 radical (unpaired) electrons. The molecule has 2 aromatic rings. The fourth-order valence-corrected chi connectivity index (χ4v) is 2.73. The van der Waals surface area contributed by atoms with Crippen LogP contribution in [-0.2, 0) is 4.79 Å². The van der Waals surface area contributed by atoms with Gasteiger partial charge in [0, 0.05) is 12.1 Å². The Bertz CT molecular complexity index is 691. The Balaban J connectivity index is 1.86. The molecule has 0 aliphatic rings. The molecule has 140 valence electrons. The number of halogens is 1. The maximum absolute atomic E-state index is 14.5. The monoisotopic (exact) mass is 357 g/mol. The van der Waals surface area contributed by atoms with Crippen LogP contribution in [0.1, 0.15) is 31.2 Å². The number of amides is 1. The van der Waals surface area contributed by atoms with E-state index >= 15 is 0 Å². The van der Waals surface area contributed by atoms with E-state index in [0.717, 1.165) is 31.5 Å². The van der Waals surface area contributed by atoms with Gasteiger partial charge in [-0.1, -0.05) is 42.5 Å². The molecule has 5 heteroatoms. The third-order valence-electron chi connectivity index (χ3n) is 4.36. The summed E-state index contributed by atoms with van der Waals surface area (Å²) in [5, 5.41) is 6.18. The van der Waals surface area contributed by atoms with E-state index in [1.54, 1.807) is 13.0 Å². The molecular formula is C21H28FN3O. The van der Waals surface area contributed by atoms with Crippen molar-refractivity contribution in [3.8, 4) is 11.1 Å². The highest BCUT2D eigenvalue weighted by atomic mass is 19.1. The summed E-state index contributed by atoms with van der Waals surface area (Å²) in [4.78, 5) is 12.3. The molecule has 0 heterocycles. The van der Waals surface area contributed by atoms with E-state index in [9.17, 15) is 9.18 Å². The molecule has 0 bridgehead atoms. The van der Waals surface area contributed by atoms with Gasteiger partial charge in [-0.3, -0.25) is 4.79 Å². The molecule has 4 N–H and O–H groups in total. The predicted octanol–water partition coefficient (Wildman–Crippen LogP) is 3.04. The molecule has 0 aliphatic carbocycles. The van der Waals surface area contributed by atoms with Gasteiger partial charge < -0.3 is 16.4 Å². The average Bonchev–Trinajstić information content (AvgIpc) is 2.67. The van der Waals surface area contributed by atoms with Crippen molar-refractivity contribution >= 4 is 5.91 Å². The molecule has 4 nitrogen and oxygen atoms in total. The molecule has 2 rings (SSSR count). The Morgan fingerprint density at radius 2 is 1.81 bits per heavy atom. The molecule has 1 atom stereocenters. The summed E-state index contributed by atoms with van der Waals surface area (Å²) in [7, 11) is 0. The summed E-state index contributed by atoms with van der Waals surface area (Å²) in [5.41, 5.74) is 7.48. The zero-order valence-electron chi connectivity index (χ0n) is 15.3. The van der Waals surface area contributed by atoms with Gasteiger partial charge in [-0.25, -0.2) is 4.39 Å². The first kappa shape index (κ1) is 20.1. The minimum Gasteiger partial charge on any atom is -0.356 e. The molecule has 0 fully saturated rings. The van der Waals surface area contributed by atoms with E-state index in [1.165, 1.54) is 6.07 Å². The highest BCUT2D eigenvalue weighted by Gasteiger charge is 2.16. The van der Waals surface area contributed by atoms with Gasteiger partial charge in [0.2, 0.25) is 5.91 Å². The van der Waals surface area contributed by atoms with E-state index in [4.69, 9.17) is 5.73 Å². The van der Waals surface area contributed by atoms with Gasteiger partial charge in [-0.2, -0.15) is 0 Å². The lowest BCUT2D eigenvalue weighted by atomic mass is 9.96. The first-order chi connectivity index (χ1) is 12.6. The Morgan fingerprint density at radius 3 is 2.50 bits per heavy atom. The van der Waals surface area contributed by atoms with Crippen molar-refractivity contribution in [3.63, 3.8) is 0 Å². The van der Waals surface area contributed by atoms with Crippen LogP contribution in [0.3, 0.4) is 0 Å². The zero-order chi connectivity index (χ0) is 18.8. The highest BCUT2D eigenvalue weighted by Crippen LogP contribution is 2.26. The first-order valence-corrected chi connectivity index (χ1v) is 9.17. The molecule has 0 spiro atoms. The van der Waals surface area contributed by atoms with Crippen LogP contribution < -0.4 is 16.4 Å². The minimum absolute atomic E-state index is 0.0844. The molecule has 1 unspecified atom stereocenters. The molecular weight excluding hydrogens is 329 g/mol. The van der Waals surface area contributed by atoms with Crippen LogP contribution in [0.15, 0.2) is 48.5 Å². The van der Waals surface area contributed by atoms with E-state index in [0.29, 0.717) is 24.2 Å². The van der Waals surface area contributed by atoms with Crippen molar-refractivity contribution in [2.45, 2.75) is 25.7 Å². The number of carbonyl (C=O) groups excluding carboxylic acids is 1. The standard InChI is InChI=1S/C21H28FN3O/c1-16(21(26)25-14-6-13-24-12-5-11-23)18-9-10-19(20(22)15-18)17-7-3-2-4-8-17/h2-4,7-10,15-16,24H,5-6,11-14,23H2,1H3,(H,25,26). The quantitative estimate of drug-likeness (QED) is 0.573. The Kier molecular flexibility index (Phi) is 8.25. The van der Waals surface area contributed by atoms with E-state index in [2.05, 4.69) is 10.6 Å². The maximum Gasteiger partial charge on any atom is 0.227 e. The second-order valence-corrected chi connectivity index (χ2v) is 6.36. The number of hydrogen-bond donors (Lipinski definition) is 3. The fourth-order valence-electron chi connectivity index (χ4n) is 2.73. The lowest BCUT2D eigenvalue weighted by Gasteiger charge is -2.14. The minimum atomic E-state index is -0.389. The van der Waals surface area contributed by atoms with E-state index in [1.807, 2.05) is 36.4 Å². The van der Waals surface area contributed by atoms with Crippen molar-refractivity contribution in [1.29, 1.82) is 0 Å². The van der Waals surface area contributed by atoms with Crippen LogP contribution in [0, 0.1) is 5.82 Å². The Morgan fingerprint density at radius 1 is 1.08 bits per heavy atom. The van der Waals surface area contributed by atoms with Gasteiger partial charge in [0.25, 0.3) is 0 Å². The van der Waals surface area contributed by atoms with Gasteiger partial charge in [0.15, 0.2) is 0 Å². The lowest BCUT2D eigenvalue weighted by Crippen LogP contribution is -2.31. The summed E-state index contributed by atoms with van der Waals surface area (Å²) >= 11 is 0. The van der Waals surface area contributed by atoms with Crippen LogP contribution >= 0.6 is 0 Å². The topological polar surface area (TPSA) is 67.2 Å². The van der Waals surface area contributed by atoms with E-state index in [-0.39, 0.29) is 17.6 Å². The number of rotatable bonds is 10. The summed E-state index contributed by atoms with van der Waals surface area (Å²) < 4.78 is 14.5. The summed E-state index contributed by atoms with van der Waals surface area (Å²) in [5.74, 6) is -0.782. The van der Waals surface area contributed by atoms with Crippen LogP contribution in [-0.4, -0.2) is 32.1 Å². The smallest absolute Gasteiger partial charge is 0.227 e. The molecule has 0 saturated heterocycles. The van der Waals surface area contributed by atoms with Crippen LogP contribution in [0.4, 0.5) is 4.39 Å². The van der Waals surface area contributed by atoms with Gasteiger partial charge in [0.05, 0.1) is 5.92 Å². The second-order valence-electron chi connectivity index (χ2n) is 6.36. The molecule has 0 saturated carbocycles. The number of carbonyl (C=O) groups is 1. The summed E-state index contributed by atoms with van der Waals surface area (Å²) in [6, 6.07) is 14.4. The fraction of sp³-hybridized carbons (Fsp3) is 0.381. The third kappa shape index (κ3) is 5.93. The van der Waals surface area contributed by atoms with Gasteiger partial charge >= 0.3 is 0 Å². The van der Waals surface area contributed by atoms with Crippen LogP contribution in [0.5, 0.6) is 0 Å². The van der Waals surface area contributed by atoms with Crippen molar-refractivity contribution in [1.82, 2.24) is 10.6 Å². The van der Waals surface area contributed by atoms with Gasteiger partial charge in [-0.15, -0.1) is 0 Å². The Hall–Kier alpha value is -2.24. The van der Waals surface area contributed by atoms with Crippen molar-refractivity contribution in [2.24, 2.45) is 5.73 Å². The number of hydrogen-bond acceptors (Lipinski definition) is 3. The molecule has 0 aliphatic heterocycles. The number of nitrogens with two attached hydrogens (primary N) is 1. The summed E-state index contributed by atoms with van der Waals surface area (Å²) in [6.45, 7) is 4.82. The lowest BCUT2D eigenvalue weighted by molar-refractivity contribution is -0.122. The first-order valence-electron chi connectivity index (χ1n) is 9.17. The van der Waals surface area contributed by atoms with Gasteiger partial charge in [0.1, 0.15) is 5.82 Å². The van der Waals surface area contributed by atoms with Crippen molar-refractivity contribution in [2.75, 3.05) is 26.2 Å². The predicted molar refractivity (Wildman–Crippen MR) is 104 cm³/mol. The zero-order valence-corrected chi connectivity index (χ0v) is 15.3. The SMILES string of the molecule is CC(C(=O)NCCCNCCCN)c1ccc(-c2ccccc2)c(F)c1. The van der Waals surface area contributed by atoms with E-state index < -0.39 is 0 Å². The summed E-state index contributed by atoms with van der Waals surface area (Å²) in [6.07, 6.45) is 1.80. The largest absolute Gasteiger partial charge is 0.356 e. The van der Waals surface area contributed by atoms with Crippen LogP contribution in [0.2, 0.25) is 0 Å². The van der Waals surface area contributed by atoms with Gasteiger partial charge in [-0.05, 0) is 56.6 Å². The molecule has 26 heavy (non-hydrogen) atoms. The molecule has 2 aromatic carbocycles. The normalized spacial score (nSPS) is 12.0.